The molecule has 2 aromatic rings. The fourth-order valence-corrected chi connectivity index (χ4v) is 3.30. The second-order valence-electron chi connectivity index (χ2n) is 7.71. The summed E-state index contributed by atoms with van der Waals surface area (Å²) in [6.07, 6.45) is -0.743. The molecule has 1 saturated carbocycles. The number of carbonyl (C=O) groups is 2. The standard InChI is InChI=1S/C21H24F3N5O3/c1-12-7-16(9-27-18(12)25)28-19(30)20(31)29(17(11-32-2)13-3-4-13)10-15-6-5-14(8-26-15)21(22,23)24/h5-9,13,17H,3-4,10-11H2,1-2H3,(H2,25,27)(H,28,30)/t17-/m1/s1. The Labute approximate surface area is 183 Å². The largest absolute Gasteiger partial charge is 0.417 e. The van der Waals surface area contributed by atoms with Crippen LogP contribution in [0.2, 0.25) is 0 Å². The molecule has 2 aromatic heterocycles. The topological polar surface area (TPSA) is 110 Å². The number of nitrogens with two attached hydrogens (primary N) is 1. The summed E-state index contributed by atoms with van der Waals surface area (Å²) in [6.45, 7) is 1.77. The van der Waals surface area contributed by atoms with Gasteiger partial charge in [-0.2, -0.15) is 13.2 Å². The van der Waals surface area contributed by atoms with Gasteiger partial charge in [-0.15, -0.1) is 0 Å². The van der Waals surface area contributed by atoms with Crippen molar-refractivity contribution in [2.24, 2.45) is 5.92 Å². The highest BCUT2D eigenvalue weighted by atomic mass is 19.4. The molecule has 0 unspecified atom stereocenters. The molecule has 0 aliphatic heterocycles. The summed E-state index contributed by atoms with van der Waals surface area (Å²) in [5.74, 6) is -1.29. The van der Waals surface area contributed by atoms with Crippen LogP contribution < -0.4 is 11.1 Å². The van der Waals surface area contributed by atoms with Crippen molar-refractivity contribution in [1.82, 2.24) is 14.9 Å². The van der Waals surface area contributed by atoms with Crippen molar-refractivity contribution in [3.8, 4) is 0 Å². The number of rotatable bonds is 7. The number of aryl methyl sites for hydroxylation is 1. The molecule has 1 aliphatic rings. The highest BCUT2D eigenvalue weighted by Gasteiger charge is 2.39. The lowest BCUT2D eigenvalue weighted by atomic mass is 10.1. The van der Waals surface area contributed by atoms with Gasteiger partial charge in [-0.3, -0.25) is 14.6 Å². The molecule has 1 atom stereocenters. The predicted octanol–water partition coefficient (Wildman–Crippen LogP) is 2.78. The molecule has 0 spiro atoms. The number of methoxy groups -OCH3 is 1. The average Bonchev–Trinajstić information content (AvgIpc) is 3.57. The van der Waals surface area contributed by atoms with Gasteiger partial charge in [0.1, 0.15) is 5.82 Å². The van der Waals surface area contributed by atoms with E-state index in [0.717, 1.165) is 18.9 Å². The first-order valence-corrected chi connectivity index (χ1v) is 9.95. The van der Waals surface area contributed by atoms with Crippen LogP contribution in [0.15, 0.2) is 30.6 Å². The minimum absolute atomic E-state index is 0.131. The van der Waals surface area contributed by atoms with Crippen molar-refractivity contribution in [3.63, 3.8) is 0 Å². The van der Waals surface area contributed by atoms with Crippen molar-refractivity contribution in [3.05, 3.63) is 47.4 Å². The zero-order chi connectivity index (χ0) is 23.5. The average molecular weight is 451 g/mol. The van der Waals surface area contributed by atoms with Crippen LogP contribution in [0.25, 0.3) is 0 Å². The van der Waals surface area contributed by atoms with Gasteiger partial charge in [-0.1, -0.05) is 0 Å². The van der Waals surface area contributed by atoms with Gasteiger partial charge in [0.2, 0.25) is 0 Å². The number of ether oxygens (including phenoxy) is 1. The molecular formula is C21H24F3N5O3. The highest BCUT2D eigenvalue weighted by Crippen LogP contribution is 2.36. The number of aromatic nitrogens is 2. The van der Waals surface area contributed by atoms with Gasteiger partial charge < -0.3 is 20.7 Å². The van der Waals surface area contributed by atoms with Gasteiger partial charge in [0.15, 0.2) is 0 Å². The molecule has 2 heterocycles. The Bertz CT molecular complexity index is 978. The zero-order valence-corrected chi connectivity index (χ0v) is 17.6. The molecule has 0 bridgehead atoms. The van der Waals surface area contributed by atoms with Crippen LogP contribution in [0.4, 0.5) is 24.7 Å². The van der Waals surface area contributed by atoms with E-state index in [2.05, 4.69) is 15.3 Å². The Morgan fingerprint density at radius 1 is 1.28 bits per heavy atom. The lowest BCUT2D eigenvalue weighted by Gasteiger charge is -2.31. The summed E-state index contributed by atoms with van der Waals surface area (Å²) in [6, 6.07) is 3.28. The van der Waals surface area contributed by atoms with Gasteiger partial charge in [0.05, 0.1) is 42.3 Å². The first kappa shape index (κ1) is 23.5. The number of nitrogen functional groups attached to an aromatic ring is 1. The number of alkyl halides is 3. The summed E-state index contributed by atoms with van der Waals surface area (Å²) in [7, 11) is 1.48. The van der Waals surface area contributed by atoms with Crippen LogP contribution in [0.5, 0.6) is 0 Å². The van der Waals surface area contributed by atoms with Crippen molar-refractivity contribution in [2.45, 2.75) is 38.5 Å². The van der Waals surface area contributed by atoms with Gasteiger partial charge in [0, 0.05) is 13.3 Å². The molecule has 0 aromatic carbocycles. The maximum Gasteiger partial charge on any atom is 0.417 e. The lowest BCUT2D eigenvalue weighted by molar-refractivity contribution is -0.146. The molecule has 0 radical (unpaired) electrons. The number of hydrogen-bond acceptors (Lipinski definition) is 6. The smallest absolute Gasteiger partial charge is 0.383 e. The molecule has 172 valence electrons. The second kappa shape index (κ2) is 9.51. The molecule has 2 amide bonds. The number of hydrogen-bond donors (Lipinski definition) is 2. The molecule has 8 nitrogen and oxygen atoms in total. The number of pyridine rings is 2. The predicted molar refractivity (Wildman–Crippen MR) is 110 cm³/mol. The normalized spacial score (nSPS) is 14.7. The molecule has 1 fully saturated rings. The number of amides is 2. The van der Waals surface area contributed by atoms with Gasteiger partial charge >= 0.3 is 18.0 Å². The Kier molecular flexibility index (Phi) is 6.97. The van der Waals surface area contributed by atoms with E-state index in [-0.39, 0.29) is 24.8 Å². The fraction of sp³-hybridized carbons (Fsp3) is 0.429. The molecule has 1 aliphatic carbocycles. The second-order valence-corrected chi connectivity index (χ2v) is 7.71. The molecule has 32 heavy (non-hydrogen) atoms. The highest BCUT2D eigenvalue weighted by molar-refractivity contribution is 6.39. The third kappa shape index (κ3) is 5.72. The number of nitrogens with zero attached hydrogens (tertiary/aromatic N) is 3. The third-order valence-electron chi connectivity index (χ3n) is 5.22. The lowest BCUT2D eigenvalue weighted by Crippen LogP contribution is -2.48. The van der Waals surface area contributed by atoms with E-state index in [1.54, 1.807) is 13.0 Å². The minimum Gasteiger partial charge on any atom is -0.383 e. The van der Waals surface area contributed by atoms with Gasteiger partial charge in [-0.25, -0.2) is 4.98 Å². The van der Waals surface area contributed by atoms with Crippen LogP contribution in [-0.4, -0.2) is 46.4 Å². The summed E-state index contributed by atoms with van der Waals surface area (Å²) in [5.41, 5.74) is 5.95. The zero-order valence-electron chi connectivity index (χ0n) is 17.6. The van der Waals surface area contributed by atoms with Gasteiger partial charge in [0.25, 0.3) is 0 Å². The third-order valence-corrected chi connectivity index (χ3v) is 5.22. The summed E-state index contributed by atoms with van der Waals surface area (Å²) < 4.78 is 43.7. The monoisotopic (exact) mass is 451 g/mol. The first-order valence-electron chi connectivity index (χ1n) is 9.95. The fourth-order valence-electron chi connectivity index (χ4n) is 3.30. The Balaban J connectivity index is 1.82. The first-order chi connectivity index (χ1) is 15.1. The van der Waals surface area contributed by atoms with E-state index in [1.807, 2.05) is 0 Å². The van der Waals surface area contributed by atoms with E-state index < -0.39 is 29.6 Å². The van der Waals surface area contributed by atoms with Crippen LogP contribution >= 0.6 is 0 Å². The maximum atomic E-state index is 13.1. The number of nitrogens with one attached hydrogen (secondary N) is 1. The molecular weight excluding hydrogens is 427 g/mol. The van der Waals surface area contributed by atoms with E-state index >= 15 is 0 Å². The quantitative estimate of drug-likeness (QED) is 0.627. The summed E-state index contributed by atoms with van der Waals surface area (Å²) in [5, 5.41) is 2.50. The summed E-state index contributed by atoms with van der Waals surface area (Å²) in [4.78, 5) is 34.9. The van der Waals surface area contributed by atoms with Crippen LogP contribution in [0.3, 0.4) is 0 Å². The molecule has 3 N–H and O–H groups in total. The van der Waals surface area contributed by atoms with Gasteiger partial charge in [-0.05, 0) is 49.4 Å². The van der Waals surface area contributed by atoms with Crippen LogP contribution in [0, 0.1) is 12.8 Å². The number of anilines is 2. The van der Waals surface area contributed by atoms with E-state index in [0.29, 0.717) is 23.3 Å². The Morgan fingerprint density at radius 3 is 2.53 bits per heavy atom. The van der Waals surface area contributed by atoms with Crippen LogP contribution in [0.1, 0.15) is 29.7 Å². The van der Waals surface area contributed by atoms with Crippen molar-refractivity contribution >= 4 is 23.3 Å². The van der Waals surface area contributed by atoms with Crippen molar-refractivity contribution < 1.29 is 27.5 Å². The Hall–Kier alpha value is -3.21. The van der Waals surface area contributed by atoms with E-state index in [9.17, 15) is 22.8 Å². The van der Waals surface area contributed by atoms with Crippen molar-refractivity contribution in [2.75, 3.05) is 24.8 Å². The molecule has 3 rings (SSSR count). The van der Waals surface area contributed by atoms with E-state index in [1.165, 1.54) is 24.3 Å². The SMILES string of the molecule is COC[C@H](C1CC1)N(Cc1ccc(C(F)(F)F)cn1)C(=O)C(=O)Nc1cnc(N)c(C)c1. The minimum atomic E-state index is -4.52. The van der Waals surface area contributed by atoms with Crippen LogP contribution in [-0.2, 0) is 27.0 Å². The number of halogens is 3. The number of carbonyl (C=O) groups excluding carboxylic acids is 2. The molecule has 11 heteroatoms. The summed E-state index contributed by atoms with van der Waals surface area (Å²) >= 11 is 0. The van der Waals surface area contributed by atoms with Crippen molar-refractivity contribution in [1.29, 1.82) is 0 Å². The maximum absolute atomic E-state index is 13.1. The van der Waals surface area contributed by atoms with E-state index in [4.69, 9.17) is 10.5 Å². The Morgan fingerprint density at radius 2 is 2.00 bits per heavy atom. The molecule has 0 saturated heterocycles.